The minimum atomic E-state index is -1.74. The van der Waals surface area contributed by atoms with Crippen LogP contribution in [0.4, 0.5) is 5.69 Å². The molecule has 2 aromatic carbocycles. The van der Waals surface area contributed by atoms with Crippen LogP contribution in [0.2, 0.25) is 0 Å². The second-order valence-corrected chi connectivity index (χ2v) is 17.5. The maximum absolute atomic E-state index is 14.0. The number of aliphatic carboxylic acids is 1. The Morgan fingerprint density at radius 3 is 2.30 bits per heavy atom. The molecule has 0 radical (unpaired) electrons. The first-order valence-electron chi connectivity index (χ1n) is 19.9. The van der Waals surface area contributed by atoms with Crippen LogP contribution in [0.5, 0.6) is 0 Å². The number of nitrogen functional groups attached to an aromatic ring is 1. The number of carbonyl (C=O) groups is 9. The molecule has 2 aliphatic heterocycles. The van der Waals surface area contributed by atoms with Gasteiger partial charge in [0.15, 0.2) is 0 Å². The van der Waals surface area contributed by atoms with Crippen LogP contribution >= 0.6 is 21.6 Å². The molecular weight excluding hydrogens is 875 g/mol. The van der Waals surface area contributed by atoms with Gasteiger partial charge in [-0.25, -0.2) is 0 Å². The predicted molar refractivity (Wildman–Crippen MR) is 235 cm³/mol. The van der Waals surface area contributed by atoms with Crippen molar-refractivity contribution >= 4 is 97.2 Å². The topological polar surface area (TPSA) is 350 Å². The summed E-state index contributed by atoms with van der Waals surface area (Å²) >= 11 is 0. The van der Waals surface area contributed by atoms with Crippen LogP contribution in [0.3, 0.4) is 0 Å². The summed E-state index contributed by atoms with van der Waals surface area (Å²) in [5, 5.41) is 32.6. The number of rotatable bonds is 10. The minimum absolute atomic E-state index is 0.00334. The summed E-state index contributed by atoms with van der Waals surface area (Å²) in [6.45, 7) is 0.524. The highest BCUT2D eigenvalue weighted by atomic mass is 33.1. The zero-order valence-corrected chi connectivity index (χ0v) is 36.1. The highest BCUT2D eigenvalue weighted by Crippen LogP contribution is 2.27. The third kappa shape index (κ3) is 13.7. The molecule has 8 amide bonds. The summed E-state index contributed by atoms with van der Waals surface area (Å²) < 4.78 is 6.19. The largest absolute Gasteiger partial charge is 0.481 e. The predicted octanol–water partition coefficient (Wildman–Crippen LogP) is -1.21. The highest BCUT2D eigenvalue weighted by molar-refractivity contribution is 8.76. The molecule has 3 heterocycles. The van der Waals surface area contributed by atoms with Gasteiger partial charge in [-0.3, -0.25) is 48.6 Å². The van der Waals surface area contributed by atoms with Crippen LogP contribution in [-0.2, 0) is 54.5 Å². The van der Waals surface area contributed by atoms with Gasteiger partial charge in [-0.05, 0) is 37.3 Å². The molecule has 64 heavy (non-hydrogen) atoms. The number of carboxylic acid groups (broad SMARTS) is 1. The average Bonchev–Trinajstić information content (AvgIpc) is 3.87. The van der Waals surface area contributed by atoms with Crippen molar-refractivity contribution in [2.75, 3.05) is 29.9 Å². The van der Waals surface area contributed by atoms with Gasteiger partial charge in [0.1, 0.15) is 36.0 Å². The number of primary amides is 1. The molecule has 2 saturated heterocycles. The number of hydrogen-bond acceptors (Lipinski definition) is 13. The fraction of sp³-hybridized carbons (Fsp3) is 0.400. The highest BCUT2D eigenvalue weighted by Gasteiger charge is 2.43. The Kier molecular flexibility index (Phi) is 17.1. The van der Waals surface area contributed by atoms with E-state index < -0.39 is 109 Å². The monoisotopic (exact) mass is 923 g/mol. The second-order valence-electron chi connectivity index (χ2n) is 14.9. The van der Waals surface area contributed by atoms with Gasteiger partial charge in [-0.2, -0.15) is 0 Å². The Bertz CT molecular complexity index is 2280. The van der Waals surface area contributed by atoms with Gasteiger partial charge in [0.25, 0.3) is 0 Å². The number of anilines is 1. The molecule has 0 spiro atoms. The molecule has 342 valence electrons. The molecule has 2 fully saturated rings. The first-order valence-corrected chi connectivity index (χ1v) is 22.4. The number of para-hydroxylation sites is 1. The quantitative estimate of drug-likeness (QED) is 0.0646. The number of fused-ring (bicyclic) bond motifs is 2. The lowest BCUT2D eigenvalue weighted by Gasteiger charge is -2.28. The Morgan fingerprint density at radius 2 is 1.59 bits per heavy atom. The van der Waals surface area contributed by atoms with Crippen LogP contribution in [0.25, 0.3) is 10.9 Å². The molecule has 0 bridgehead atoms. The Hall–Kier alpha value is -6.66. The molecule has 24 heteroatoms. The fourth-order valence-corrected chi connectivity index (χ4v) is 8.96. The number of hydrogen-bond donors (Lipinski definition) is 11. The number of H-pyrrole nitrogens is 1. The van der Waals surface area contributed by atoms with Crippen molar-refractivity contribution < 1.29 is 53.0 Å². The van der Waals surface area contributed by atoms with E-state index in [9.17, 15) is 48.3 Å². The number of aromatic amines is 1. The lowest BCUT2D eigenvalue weighted by Crippen LogP contribution is -2.58. The van der Waals surface area contributed by atoms with E-state index in [1.54, 1.807) is 6.20 Å². The van der Waals surface area contributed by atoms with Crippen LogP contribution in [0.1, 0.15) is 43.7 Å². The van der Waals surface area contributed by atoms with Crippen molar-refractivity contribution in [3.8, 4) is 0 Å². The molecule has 4 unspecified atom stereocenters. The third-order valence-electron chi connectivity index (χ3n) is 10.1. The fourth-order valence-electron chi connectivity index (χ4n) is 6.79. The summed E-state index contributed by atoms with van der Waals surface area (Å²) in [6.07, 6.45) is -0.583. The maximum atomic E-state index is 14.0. The molecule has 22 nitrogen and oxygen atoms in total. The number of carboxylic acids is 1. The van der Waals surface area contributed by atoms with E-state index >= 15 is 0 Å². The number of ether oxygens (including phenoxy) is 1. The SMILES string of the molecule is C[C@@H]1NC(=O)C(CC(=O)O)NC(=O)CNC(=O)C(CC(=O)Nc2ccc(C(=N)N)cc2)NC(=O)CCSSC[C@@H](C(N)=O)NC(=O)C2CC(OCc3c[nH]c4ccccc34)CN2C1=O. The lowest BCUT2D eigenvalue weighted by atomic mass is 10.1. The summed E-state index contributed by atoms with van der Waals surface area (Å²) in [5.74, 6) is -8.35. The van der Waals surface area contributed by atoms with Gasteiger partial charge in [0, 0.05) is 64.8 Å². The average molecular weight is 924 g/mol. The van der Waals surface area contributed by atoms with Gasteiger partial charge in [0.2, 0.25) is 47.3 Å². The number of carbonyl (C=O) groups excluding carboxylic acids is 8. The number of aromatic nitrogens is 1. The first-order chi connectivity index (χ1) is 30.5. The van der Waals surface area contributed by atoms with Crippen molar-refractivity contribution in [1.29, 1.82) is 5.41 Å². The normalized spacial score (nSPS) is 23.4. The van der Waals surface area contributed by atoms with E-state index in [1.165, 1.54) is 36.1 Å². The van der Waals surface area contributed by atoms with Crippen molar-refractivity contribution in [3.05, 3.63) is 65.9 Å². The van der Waals surface area contributed by atoms with Gasteiger partial charge >= 0.3 is 5.97 Å². The second kappa shape index (κ2) is 22.6. The maximum Gasteiger partial charge on any atom is 0.305 e. The minimum Gasteiger partial charge on any atom is -0.481 e. The van der Waals surface area contributed by atoms with E-state index in [0.717, 1.165) is 38.1 Å². The van der Waals surface area contributed by atoms with Crippen LogP contribution in [0, 0.1) is 5.41 Å². The number of nitrogens with zero attached hydrogens (tertiary/aromatic N) is 1. The molecule has 1 aromatic heterocycles. The van der Waals surface area contributed by atoms with Gasteiger partial charge < -0.3 is 63.1 Å². The molecule has 5 rings (SSSR count). The van der Waals surface area contributed by atoms with E-state index in [4.69, 9.17) is 21.6 Å². The first kappa shape index (κ1) is 48.4. The number of benzene rings is 2. The van der Waals surface area contributed by atoms with Gasteiger partial charge in [-0.15, -0.1) is 0 Å². The molecule has 13 N–H and O–H groups in total. The molecule has 2 aliphatic rings. The number of nitrogens with two attached hydrogens (primary N) is 2. The van der Waals surface area contributed by atoms with Crippen LogP contribution in [0.15, 0.2) is 54.7 Å². The molecule has 6 atom stereocenters. The van der Waals surface area contributed by atoms with Crippen molar-refractivity contribution in [2.45, 2.75) is 75.5 Å². The summed E-state index contributed by atoms with van der Waals surface area (Å²) in [6, 6.07) is 6.46. The summed E-state index contributed by atoms with van der Waals surface area (Å²) in [7, 11) is 2.28. The zero-order chi connectivity index (χ0) is 46.5. The van der Waals surface area contributed by atoms with E-state index in [1.807, 2.05) is 24.3 Å². The van der Waals surface area contributed by atoms with Gasteiger partial charge in [-0.1, -0.05) is 39.8 Å². The number of amidine groups is 1. The van der Waals surface area contributed by atoms with Gasteiger partial charge in [0.05, 0.1) is 32.1 Å². The van der Waals surface area contributed by atoms with Crippen molar-refractivity contribution in [2.24, 2.45) is 11.5 Å². The number of nitrogens with one attached hydrogen (secondary N) is 8. The molecule has 3 aromatic rings. The lowest BCUT2D eigenvalue weighted by molar-refractivity contribution is -0.143. The third-order valence-corrected chi connectivity index (χ3v) is 12.5. The van der Waals surface area contributed by atoms with E-state index in [-0.39, 0.29) is 43.3 Å². The summed E-state index contributed by atoms with van der Waals surface area (Å²) in [4.78, 5) is 123. The number of amides is 8. The van der Waals surface area contributed by atoms with E-state index in [0.29, 0.717) is 11.3 Å². The Morgan fingerprint density at radius 1 is 0.891 bits per heavy atom. The standard InChI is InChI=1S/C40H49N11O11S2/c1-20-40(61)51-17-24(62-18-22-15-44-26-5-3-2-4-25(22)26)12-30(51)39(60)50-29(36(43)57)19-64-63-11-10-31(52)48-27(13-32(53)47-23-8-6-21(7-9-23)35(41)42)37(58)45-16-33(54)49-28(14-34(55)56)38(59)46-20/h2-9,15,20,24,27-30,44H,10-14,16-19H2,1H3,(H3,41,42)(H2,43,57)(H,45,58)(H,46,59)(H,47,53)(H,48,52)(H,49,54)(H,50,60)(H,55,56)/t20-,24?,27?,28?,29-,30?/m0/s1. The smallest absolute Gasteiger partial charge is 0.305 e. The Balaban J connectivity index is 1.32. The zero-order valence-electron chi connectivity index (χ0n) is 34.5. The van der Waals surface area contributed by atoms with Crippen LogP contribution in [-0.4, -0.2) is 135 Å². The molecular formula is C40H49N11O11S2. The Labute approximate surface area is 373 Å². The summed E-state index contributed by atoms with van der Waals surface area (Å²) in [5.41, 5.74) is 13.5. The van der Waals surface area contributed by atoms with Crippen molar-refractivity contribution in [3.63, 3.8) is 0 Å². The van der Waals surface area contributed by atoms with E-state index in [2.05, 4.69) is 36.9 Å². The van der Waals surface area contributed by atoms with Crippen molar-refractivity contribution in [1.82, 2.24) is 36.5 Å². The van der Waals surface area contributed by atoms with Crippen LogP contribution < -0.4 is 43.4 Å². The molecule has 0 aliphatic carbocycles. The molecule has 0 saturated carbocycles.